The smallest absolute Gasteiger partial charge is 0.345 e. The van der Waals surface area contributed by atoms with Gasteiger partial charge in [-0.25, -0.2) is 9.53 Å². The summed E-state index contributed by atoms with van der Waals surface area (Å²) in [6.45, 7) is 2.09. The molecular formula is C20H17NO5. The SMILES string of the molecule is CCOC(=O)C1=C(c2ccccc2)c2cc3c(cc2/C1=[N+](/C)[O-])OCO3. The second-order valence-electron chi connectivity index (χ2n) is 5.93. The average Bonchev–Trinajstić information content (AvgIpc) is 3.22. The maximum atomic E-state index is 12.7. The Kier molecular flexibility index (Phi) is 3.88. The van der Waals surface area contributed by atoms with Crippen molar-refractivity contribution in [2.75, 3.05) is 20.4 Å². The highest BCUT2D eigenvalue weighted by Gasteiger charge is 2.40. The minimum atomic E-state index is -0.526. The fourth-order valence-corrected chi connectivity index (χ4v) is 3.37. The highest BCUT2D eigenvalue weighted by atomic mass is 16.7. The molecule has 0 radical (unpaired) electrons. The standard InChI is InChI=1S/C20H17NO5/c1-3-24-20(22)18-17(12-7-5-4-6-8-12)13-9-15-16(26-11-25-15)10-14(13)19(18)21(2)23/h4-10H,3,11H2,1-2H3/b21-19+. The number of fused-ring (bicyclic) bond motifs is 2. The second-order valence-corrected chi connectivity index (χ2v) is 5.93. The van der Waals surface area contributed by atoms with E-state index < -0.39 is 5.97 Å². The van der Waals surface area contributed by atoms with Gasteiger partial charge in [0, 0.05) is 11.1 Å². The highest BCUT2D eigenvalue weighted by molar-refractivity contribution is 6.35. The van der Waals surface area contributed by atoms with Crippen LogP contribution in [0, 0.1) is 5.21 Å². The summed E-state index contributed by atoms with van der Waals surface area (Å²) in [6, 6.07) is 13.0. The number of hydroxylamine groups is 1. The van der Waals surface area contributed by atoms with E-state index in [1.54, 1.807) is 13.0 Å². The van der Waals surface area contributed by atoms with Gasteiger partial charge in [0.15, 0.2) is 11.5 Å². The Morgan fingerprint density at radius 1 is 1.15 bits per heavy atom. The van der Waals surface area contributed by atoms with E-state index in [0.29, 0.717) is 27.4 Å². The van der Waals surface area contributed by atoms with Crippen molar-refractivity contribution in [2.45, 2.75) is 6.92 Å². The lowest BCUT2D eigenvalue weighted by Gasteiger charge is -2.08. The molecule has 0 unspecified atom stereocenters. The third kappa shape index (κ3) is 2.42. The fourth-order valence-electron chi connectivity index (χ4n) is 3.37. The van der Waals surface area contributed by atoms with Crippen LogP contribution in [-0.2, 0) is 9.53 Å². The molecule has 0 fully saturated rings. The van der Waals surface area contributed by atoms with Crippen LogP contribution < -0.4 is 9.47 Å². The number of rotatable bonds is 3. The molecule has 26 heavy (non-hydrogen) atoms. The molecule has 0 bridgehead atoms. The van der Waals surface area contributed by atoms with E-state index >= 15 is 0 Å². The maximum absolute atomic E-state index is 12.7. The number of nitrogens with zero attached hydrogens (tertiary/aromatic N) is 1. The summed E-state index contributed by atoms with van der Waals surface area (Å²) in [4.78, 5) is 12.7. The molecule has 0 saturated carbocycles. The summed E-state index contributed by atoms with van der Waals surface area (Å²) >= 11 is 0. The van der Waals surface area contributed by atoms with Gasteiger partial charge in [0.05, 0.1) is 12.2 Å². The molecule has 0 atom stereocenters. The third-order valence-corrected chi connectivity index (χ3v) is 4.38. The van der Waals surface area contributed by atoms with Crippen LogP contribution in [-0.4, -0.2) is 36.9 Å². The van der Waals surface area contributed by atoms with Crippen LogP contribution in [0.4, 0.5) is 0 Å². The summed E-state index contributed by atoms with van der Waals surface area (Å²) in [5.41, 5.74) is 3.40. The Morgan fingerprint density at radius 2 is 1.81 bits per heavy atom. The number of hydrogen-bond acceptors (Lipinski definition) is 5. The molecule has 132 valence electrons. The lowest BCUT2D eigenvalue weighted by Crippen LogP contribution is -2.21. The first-order chi connectivity index (χ1) is 12.6. The molecule has 6 nitrogen and oxygen atoms in total. The first kappa shape index (κ1) is 16.2. The van der Waals surface area contributed by atoms with Crippen LogP contribution in [0.5, 0.6) is 11.5 Å². The topological polar surface area (TPSA) is 70.8 Å². The Morgan fingerprint density at radius 3 is 2.42 bits per heavy atom. The summed E-state index contributed by atoms with van der Waals surface area (Å²) in [7, 11) is 1.37. The van der Waals surface area contributed by atoms with E-state index in [2.05, 4.69) is 0 Å². The molecule has 0 N–H and O–H groups in total. The molecule has 4 rings (SSSR count). The van der Waals surface area contributed by atoms with E-state index in [0.717, 1.165) is 11.1 Å². The quantitative estimate of drug-likeness (QED) is 0.368. The van der Waals surface area contributed by atoms with Gasteiger partial charge in [0.25, 0.3) is 0 Å². The van der Waals surface area contributed by atoms with Gasteiger partial charge in [0.1, 0.15) is 12.6 Å². The summed E-state index contributed by atoms with van der Waals surface area (Å²) in [5.74, 6) is 0.623. The number of benzene rings is 2. The normalized spacial score (nSPS) is 16.5. The van der Waals surface area contributed by atoms with Crippen molar-refractivity contribution in [1.29, 1.82) is 0 Å². The first-order valence-corrected chi connectivity index (χ1v) is 8.31. The minimum absolute atomic E-state index is 0.135. The molecule has 0 amide bonds. The predicted octanol–water partition coefficient (Wildman–Crippen LogP) is 2.72. The van der Waals surface area contributed by atoms with Crippen molar-refractivity contribution < 1.29 is 23.7 Å². The zero-order valence-electron chi connectivity index (χ0n) is 14.4. The van der Waals surface area contributed by atoms with Crippen molar-refractivity contribution in [1.82, 2.24) is 0 Å². The van der Waals surface area contributed by atoms with Gasteiger partial charge < -0.3 is 19.4 Å². The number of hydrogen-bond donors (Lipinski definition) is 0. The van der Waals surface area contributed by atoms with Gasteiger partial charge in [-0.3, -0.25) is 0 Å². The van der Waals surface area contributed by atoms with Gasteiger partial charge in [-0.2, -0.15) is 0 Å². The molecule has 2 aromatic carbocycles. The number of carbonyl (C=O) groups excluding carboxylic acids is 1. The Balaban J connectivity index is 2.04. The van der Waals surface area contributed by atoms with Gasteiger partial charge in [-0.05, 0) is 24.6 Å². The number of carbonyl (C=O) groups is 1. The van der Waals surface area contributed by atoms with E-state index in [1.165, 1.54) is 7.05 Å². The van der Waals surface area contributed by atoms with Gasteiger partial charge in [0.2, 0.25) is 12.5 Å². The average molecular weight is 351 g/mol. The van der Waals surface area contributed by atoms with E-state index in [-0.39, 0.29) is 24.7 Å². The van der Waals surface area contributed by atoms with Crippen molar-refractivity contribution in [3.05, 3.63) is 69.9 Å². The van der Waals surface area contributed by atoms with E-state index in [1.807, 2.05) is 36.4 Å². The molecule has 1 aliphatic heterocycles. The van der Waals surface area contributed by atoms with Crippen molar-refractivity contribution in [2.24, 2.45) is 0 Å². The summed E-state index contributed by atoms with van der Waals surface area (Å²) in [6.07, 6.45) is 0. The van der Waals surface area contributed by atoms with Crippen LogP contribution >= 0.6 is 0 Å². The van der Waals surface area contributed by atoms with E-state index in [9.17, 15) is 10.0 Å². The van der Waals surface area contributed by atoms with Crippen LogP contribution in [0.25, 0.3) is 5.57 Å². The monoisotopic (exact) mass is 351 g/mol. The van der Waals surface area contributed by atoms with E-state index in [4.69, 9.17) is 14.2 Å². The zero-order valence-corrected chi connectivity index (χ0v) is 14.4. The van der Waals surface area contributed by atoms with Crippen LogP contribution in [0.1, 0.15) is 23.6 Å². The molecule has 6 heteroatoms. The molecule has 0 saturated heterocycles. The maximum Gasteiger partial charge on any atom is 0.345 e. The lowest BCUT2D eigenvalue weighted by atomic mass is 9.97. The van der Waals surface area contributed by atoms with Crippen molar-refractivity contribution in [3.63, 3.8) is 0 Å². The van der Waals surface area contributed by atoms with Gasteiger partial charge >= 0.3 is 5.97 Å². The number of esters is 1. The molecule has 1 aliphatic carbocycles. The summed E-state index contributed by atoms with van der Waals surface area (Å²) < 4.78 is 16.9. The minimum Gasteiger partial charge on any atom is -0.624 e. The predicted molar refractivity (Wildman–Crippen MR) is 95.3 cm³/mol. The van der Waals surface area contributed by atoms with Crippen LogP contribution in [0.2, 0.25) is 0 Å². The Bertz CT molecular complexity index is 956. The molecule has 0 aromatic heterocycles. The largest absolute Gasteiger partial charge is 0.624 e. The summed E-state index contributed by atoms with van der Waals surface area (Å²) in [5, 5.41) is 12.4. The zero-order chi connectivity index (χ0) is 18.3. The molecule has 0 spiro atoms. The van der Waals surface area contributed by atoms with Crippen LogP contribution in [0.3, 0.4) is 0 Å². The van der Waals surface area contributed by atoms with Crippen molar-refractivity contribution in [3.8, 4) is 11.5 Å². The van der Waals surface area contributed by atoms with Crippen LogP contribution in [0.15, 0.2) is 48.0 Å². The molecule has 1 heterocycles. The van der Waals surface area contributed by atoms with Gasteiger partial charge in [-0.15, -0.1) is 0 Å². The third-order valence-electron chi connectivity index (χ3n) is 4.38. The molecule has 2 aliphatic rings. The molecule has 2 aromatic rings. The molecular weight excluding hydrogens is 334 g/mol. The number of ether oxygens (including phenoxy) is 3. The van der Waals surface area contributed by atoms with Gasteiger partial charge in [-0.1, -0.05) is 30.3 Å². The first-order valence-electron chi connectivity index (χ1n) is 8.31. The lowest BCUT2D eigenvalue weighted by molar-refractivity contribution is -0.421. The highest BCUT2D eigenvalue weighted by Crippen LogP contribution is 2.44. The Labute approximate surface area is 150 Å². The fraction of sp³-hybridized carbons (Fsp3) is 0.200. The van der Waals surface area contributed by atoms with Crippen molar-refractivity contribution >= 4 is 17.3 Å². The Hall–Kier alpha value is -3.28. The second kappa shape index (κ2) is 6.22.